The number of aliphatic hydroxyl groups excluding tert-OH is 1. The Hall–Kier alpha value is -0.760. The third-order valence-corrected chi connectivity index (χ3v) is 3.19. The van der Waals surface area contributed by atoms with Gasteiger partial charge in [0.25, 0.3) is 0 Å². The molecule has 0 aromatic carbocycles. The Kier molecular flexibility index (Phi) is 5.61. The van der Waals surface area contributed by atoms with Crippen molar-refractivity contribution in [3.8, 4) is 0 Å². The molecule has 1 N–H and O–H groups in total. The van der Waals surface area contributed by atoms with E-state index in [0.29, 0.717) is 11.7 Å². The summed E-state index contributed by atoms with van der Waals surface area (Å²) in [5, 5.41) is 10.0. The monoisotopic (exact) mass is 224 g/mol. The third kappa shape index (κ3) is 4.01. The first kappa shape index (κ1) is 13.3. The van der Waals surface area contributed by atoms with Gasteiger partial charge in [-0.3, -0.25) is 0 Å². The van der Waals surface area contributed by atoms with E-state index in [1.165, 1.54) is 19.3 Å². The predicted octanol–water partition coefficient (Wildman–Crippen LogP) is 4.23. The molecule has 0 saturated carbocycles. The topological polar surface area (TPSA) is 33.4 Å². The molecule has 0 amide bonds. The molecule has 1 rings (SSSR count). The lowest BCUT2D eigenvalue weighted by molar-refractivity contribution is 0.114. The third-order valence-electron chi connectivity index (χ3n) is 3.19. The maximum Gasteiger partial charge on any atom is 0.132 e. The molecule has 2 heteroatoms. The summed E-state index contributed by atoms with van der Waals surface area (Å²) in [5.74, 6) is 2.20. The second kappa shape index (κ2) is 6.74. The van der Waals surface area contributed by atoms with Crippen LogP contribution in [0.4, 0.5) is 0 Å². The van der Waals surface area contributed by atoms with E-state index in [1.807, 2.05) is 19.1 Å². The fourth-order valence-electron chi connectivity index (χ4n) is 2.05. The van der Waals surface area contributed by atoms with Crippen molar-refractivity contribution in [2.45, 2.75) is 59.0 Å². The molecule has 2 atom stereocenters. The van der Waals surface area contributed by atoms with Crippen molar-refractivity contribution in [3.63, 3.8) is 0 Å². The average molecular weight is 224 g/mol. The van der Waals surface area contributed by atoms with E-state index < -0.39 is 6.10 Å². The molecule has 0 fully saturated rings. The van der Waals surface area contributed by atoms with Gasteiger partial charge in [-0.2, -0.15) is 0 Å². The van der Waals surface area contributed by atoms with Crippen molar-refractivity contribution in [1.82, 2.24) is 0 Å². The first-order valence-electron chi connectivity index (χ1n) is 6.41. The van der Waals surface area contributed by atoms with E-state index in [1.54, 1.807) is 0 Å². The summed E-state index contributed by atoms with van der Waals surface area (Å²) in [6, 6.07) is 3.79. The maximum absolute atomic E-state index is 10.0. The number of aryl methyl sites for hydroxylation is 1. The molecule has 0 bridgehead atoms. The van der Waals surface area contributed by atoms with Crippen LogP contribution < -0.4 is 0 Å². The van der Waals surface area contributed by atoms with Crippen LogP contribution in [0.1, 0.15) is 63.6 Å². The molecule has 0 aliphatic heterocycles. The largest absolute Gasteiger partial charge is 0.464 e. The van der Waals surface area contributed by atoms with Gasteiger partial charge in [-0.1, -0.05) is 39.5 Å². The Morgan fingerprint density at radius 1 is 1.31 bits per heavy atom. The molecular weight excluding hydrogens is 200 g/mol. The van der Waals surface area contributed by atoms with Crippen LogP contribution in [-0.2, 0) is 0 Å². The van der Waals surface area contributed by atoms with Crippen LogP contribution in [0.2, 0.25) is 0 Å². The summed E-state index contributed by atoms with van der Waals surface area (Å²) in [5.41, 5.74) is 0. The summed E-state index contributed by atoms with van der Waals surface area (Å²) in [6.45, 7) is 6.31. The van der Waals surface area contributed by atoms with Gasteiger partial charge in [0, 0.05) is 0 Å². The molecule has 1 aromatic rings. The van der Waals surface area contributed by atoms with Gasteiger partial charge in [-0.05, 0) is 31.4 Å². The normalized spacial score (nSPS) is 15.0. The number of rotatable bonds is 7. The predicted molar refractivity (Wildman–Crippen MR) is 66.3 cm³/mol. The second-order valence-electron chi connectivity index (χ2n) is 4.62. The van der Waals surface area contributed by atoms with Crippen LogP contribution in [0, 0.1) is 12.8 Å². The maximum atomic E-state index is 10.0. The fourth-order valence-corrected chi connectivity index (χ4v) is 2.05. The van der Waals surface area contributed by atoms with Gasteiger partial charge in [-0.25, -0.2) is 0 Å². The lowest BCUT2D eigenvalue weighted by atomic mass is 9.92. The highest BCUT2D eigenvalue weighted by atomic mass is 16.4. The molecule has 0 aliphatic carbocycles. The van der Waals surface area contributed by atoms with Crippen LogP contribution >= 0.6 is 0 Å². The summed E-state index contributed by atoms with van der Waals surface area (Å²) in [6.07, 6.45) is 5.22. The summed E-state index contributed by atoms with van der Waals surface area (Å²) in [4.78, 5) is 0. The zero-order valence-corrected chi connectivity index (χ0v) is 10.7. The van der Waals surface area contributed by atoms with Gasteiger partial charge in [0.05, 0.1) is 0 Å². The zero-order valence-electron chi connectivity index (χ0n) is 10.7. The molecule has 0 saturated heterocycles. The molecule has 2 unspecified atom stereocenters. The summed E-state index contributed by atoms with van der Waals surface area (Å²) < 4.78 is 5.45. The van der Waals surface area contributed by atoms with Crippen LogP contribution in [0.15, 0.2) is 16.5 Å². The minimum absolute atomic E-state index is 0.435. The van der Waals surface area contributed by atoms with E-state index in [2.05, 4.69) is 13.8 Å². The quantitative estimate of drug-likeness (QED) is 0.752. The van der Waals surface area contributed by atoms with Gasteiger partial charge < -0.3 is 9.52 Å². The van der Waals surface area contributed by atoms with E-state index in [4.69, 9.17) is 4.42 Å². The Morgan fingerprint density at radius 3 is 2.56 bits per heavy atom. The number of aliphatic hydroxyl groups is 1. The number of hydrogen-bond donors (Lipinski definition) is 1. The molecule has 0 radical (unpaired) electrons. The minimum Gasteiger partial charge on any atom is -0.464 e. The Morgan fingerprint density at radius 2 is 2.06 bits per heavy atom. The lowest BCUT2D eigenvalue weighted by Gasteiger charge is -2.17. The highest BCUT2D eigenvalue weighted by Crippen LogP contribution is 2.27. The minimum atomic E-state index is -0.435. The van der Waals surface area contributed by atoms with E-state index >= 15 is 0 Å². The molecular formula is C14H24O2. The molecule has 92 valence electrons. The SMILES string of the molecule is CCCCC(CC)CC(O)c1ccc(C)o1. The lowest BCUT2D eigenvalue weighted by Crippen LogP contribution is -2.06. The molecule has 2 nitrogen and oxygen atoms in total. The van der Waals surface area contributed by atoms with Crippen molar-refractivity contribution >= 4 is 0 Å². The van der Waals surface area contributed by atoms with Gasteiger partial charge in [0.15, 0.2) is 0 Å². The van der Waals surface area contributed by atoms with Crippen LogP contribution in [0.25, 0.3) is 0 Å². The van der Waals surface area contributed by atoms with Gasteiger partial charge in [0.2, 0.25) is 0 Å². The number of furan rings is 1. The van der Waals surface area contributed by atoms with Gasteiger partial charge >= 0.3 is 0 Å². The van der Waals surface area contributed by atoms with Gasteiger partial charge in [0.1, 0.15) is 17.6 Å². The van der Waals surface area contributed by atoms with Crippen molar-refractivity contribution in [2.24, 2.45) is 5.92 Å². The number of hydrogen-bond acceptors (Lipinski definition) is 2. The van der Waals surface area contributed by atoms with Crippen molar-refractivity contribution in [3.05, 3.63) is 23.7 Å². The van der Waals surface area contributed by atoms with Crippen LogP contribution in [0.3, 0.4) is 0 Å². The van der Waals surface area contributed by atoms with Gasteiger partial charge in [-0.15, -0.1) is 0 Å². The van der Waals surface area contributed by atoms with Crippen molar-refractivity contribution in [1.29, 1.82) is 0 Å². The highest BCUT2D eigenvalue weighted by molar-refractivity contribution is 5.08. The van der Waals surface area contributed by atoms with E-state index in [-0.39, 0.29) is 0 Å². The molecule has 1 heterocycles. The standard InChI is InChI=1S/C14H24O2/c1-4-6-7-12(5-2)10-13(15)14-9-8-11(3)16-14/h8-9,12-13,15H,4-7,10H2,1-3H3. The summed E-state index contributed by atoms with van der Waals surface area (Å²) >= 11 is 0. The van der Waals surface area contributed by atoms with Crippen LogP contribution in [-0.4, -0.2) is 5.11 Å². The average Bonchev–Trinajstić information content (AvgIpc) is 2.70. The fraction of sp³-hybridized carbons (Fsp3) is 0.714. The smallest absolute Gasteiger partial charge is 0.132 e. The molecule has 0 spiro atoms. The molecule has 0 aliphatic rings. The molecule has 16 heavy (non-hydrogen) atoms. The first-order valence-corrected chi connectivity index (χ1v) is 6.41. The van der Waals surface area contributed by atoms with Crippen molar-refractivity contribution in [2.75, 3.05) is 0 Å². The Labute approximate surface area is 98.7 Å². The highest BCUT2D eigenvalue weighted by Gasteiger charge is 2.16. The Bertz CT molecular complexity index is 291. The van der Waals surface area contributed by atoms with Crippen LogP contribution in [0.5, 0.6) is 0 Å². The second-order valence-corrected chi connectivity index (χ2v) is 4.62. The zero-order chi connectivity index (χ0) is 12.0. The van der Waals surface area contributed by atoms with Crippen molar-refractivity contribution < 1.29 is 9.52 Å². The first-order chi connectivity index (χ1) is 7.67. The Balaban J connectivity index is 2.45. The summed E-state index contributed by atoms with van der Waals surface area (Å²) in [7, 11) is 0. The molecule has 1 aromatic heterocycles. The van der Waals surface area contributed by atoms with E-state index in [0.717, 1.165) is 18.6 Å². The van der Waals surface area contributed by atoms with E-state index in [9.17, 15) is 5.11 Å². The number of unbranched alkanes of at least 4 members (excludes halogenated alkanes) is 1.